The van der Waals surface area contributed by atoms with Gasteiger partial charge < -0.3 is 14.8 Å². The monoisotopic (exact) mass is 414 g/mol. The van der Waals surface area contributed by atoms with Gasteiger partial charge in [0.1, 0.15) is 0 Å². The Morgan fingerprint density at radius 3 is 2.58 bits per heavy atom. The minimum atomic E-state index is 0.290. The van der Waals surface area contributed by atoms with Gasteiger partial charge in [-0.25, -0.2) is 0 Å². The Balaban J connectivity index is 1.37. The molecule has 2 heterocycles. The maximum atomic E-state index is 5.57. The summed E-state index contributed by atoms with van der Waals surface area (Å²) < 4.78 is 11.0. The first-order valence-electron chi connectivity index (χ1n) is 11.5. The van der Waals surface area contributed by atoms with Crippen LogP contribution in [0.25, 0.3) is 11.3 Å². The van der Waals surface area contributed by atoms with Crippen molar-refractivity contribution in [1.29, 1.82) is 0 Å². The predicted molar refractivity (Wildman–Crippen MR) is 123 cm³/mol. The van der Waals surface area contributed by atoms with Gasteiger partial charge in [-0.3, -0.25) is 4.98 Å². The van der Waals surface area contributed by atoms with E-state index in [0.29, 0.717) is 12.7 Å². The van der Waals surface area contributed by atoms with Gasteiger partial charge in [-0.2, -0.15) is 0 Å². The number of hydrogen-bond donors (Lipinski definition) is 1. The van der Waals surface area contributed by atoms with Gasteiger partial charge in [0.05, 0.1) is 17.4 Å². The second-order valence-electron chi connectivity index (χ2n) is 8.58. The zero-order valence-corrected chi connectivity index (χ0v) is 17.9. The van der Waals surface area contributed by atoms with E-state index >= 15 is 0 Å². The largest absolute Gasteiger partial charge is 0.454 e. The zero-order valence-electron chi connectivity index (χ0n) is 17.9. The average molecular weight is 415 g/mol. The van der Waals surface area contributed by atoms with Gasteiger partial charge in [0.25, 0.3) is 0 Å². The molecule has 3 aromatic rings. The van der Waals surface area contributed by atoms with Crippen LogP contribution in [0.3, 0.4) is 0 Å². The highest BCUT2D eigenvalue weighted by molar-refractivity contribution is 5.64. The third-order valence-electron chi connectivity index (χ3n) is 6.50. The Morgan fingerprint density at radius 1 is 0.871 bits per heavy atom. The molecule has 31 heavy (non-hydrogen) atoms. The quantitative estimate of drug-likeness (QED) is 0.520. The number of aromatic nitrogens is 1. The molecule has 4 nitrogen and oxygen atoms in total. The summed E-state index contributed by atoms with van der Waals surface area (Å²) >= 11 is 0. The first-order valence-corrected chi connectivity index (χ1v) is 11.5. The van der Waals surface area contributed by atoms with Gasteiger partial charge in [-0.15, -0.1) is 0 Å². The van der Waals surface area contributed by atoms with Gasteiger partial charge in [0.2, 0.25) is 6.79 Å². The number of fused-ring (bicyclic) bond motifs is 1. The smallest absolute Gasteiger partial charge is 0.231 e. The van der Waals surface area contributed by atoms with E-state index in [1.54, 1.807) is 0 Å². The maximum absolute atomic E-state index is 5.57. The third kappa shape index (κ3) is 4.75. The zero-order chi connectivity index (χ0) is 20.9. The van der Waals surface area contributed by atoms with Crippen molar-refractivity contribution in [3.05, 3.63) is 78.0 Å². The van der Waals surface area contributed by atoms with Crippen LogP contribution >= 0.6 is 0 Å². The van der Waals surface area contributed by atoms with Crippen LogP contribution in [0.2, 0.25) is 0 Å². The Morgan fingerprint density at radius 2 is 1.71 bits per heavy atom. The molecular formula is C27H30N2O2. The van der Waals surface area contributed by atoms with Crippen LogP contribution in [0.4, 0.5) is 0 Å². The van der Waals surface area contributed by atoms with Crippen LogP contribution in [0.15, 0.2) is 66.7 Å². The van der Waals surface area contributed by atoms with E-state index < -0.39 is 0 Å². The Labute approximate surface area is 184 Å². The highest BCUT2D eigenvalue weighted by Gasteiger charge is 2.26. The van der Waals surface area contributed by atoms with Gasteiger partial charge in [-0.05, 0) is 67.6 Å². The first kappa shape index (κ1) is 20.1. The van der Waals surface area contributed by atoms with Crippen LogP contribution in [0, 0.1) is 5.92 Å². The first-order chi connectivity index (χ1) is 15.4. The molecule has 0 radical (unpaired) electrons. The molecule has 160 valence electrons. The molecule has 1 aliphatic heterocycles. The standard InChI is InChI=1S/C27H30N2O2/c1-3-8-20(9-4-1)16-17-28-27(21-10-5-2-6-11-21)24-13-7-12-23(29-24)22-14-15-25-26(18-22)31-19-30-25/h1,3-4,7-9,12-15,18,21,27-28H,2,5-6,10-11,16-17,19H2. The van der Waals surface area contributed by atoms with Crippen molar-refractivity contribution in [1.82, 2.24) is 10.3 Å². The van der Waals surface area contributed by atoms with Crippen molar-refractivity contribution in [2.24, 2.45) is 5.92 Å². The predicted octanol–water partition coefficient (Wildman–Crippen LogP) is 5.93. The lowest BCUT2D eigenvalue weighted by Gasteiger charge is -2.31. The Bertz CT molecular complexity index is 999. The average Bonchev–Trinajstić information content (AvgIpc) is 3.31. The molecule has 0 amide bonds. The highest BCUT2D eigenvalue weighted by Crippen LogP contribution is 2.37. The fraction of sp³-hybridized carbons (Fsp3) is 0.370. The van der Waals surface area contributed by atoms with E-state index in [-0.39, 0.29) is 6.04 Å². The molecule has 1 unspecified atom stereocenters. The van der Waals surface area contributed by atoms with Crippen LogP contribution < -0.4 is 14.8 Å². The number of hydrogen-bond acceptors (Lipinski definition) is 4. The van der Waals surface area contributed by atoms with Crippen LogP contribution in [-0.4, -0.2) is 18.3 Å². The summed E-state index contributed by atoms with van der Waals surface area (Å²) in [4.78, 5) is 5.11. The number of nitrogens with zero attached hydrogens (tertiary/aromatic N) is 1. The van der Waals surface area contributed by atoms with Crippen molar-refractivity contribution < 1.29 is 9.47 Å². The van der Waals surface area contributed by atoms with Crippen LogP contribution in [-0.2, 0) is 6.42 Å². The molecule has 0 bridgehead atoms. The summed E-state index contributed by atoms with van der Waals surface area (Å²) in [6.07, 6.45) is 7.59. The molecule has 1 atom stereocenters. The van der Waals surface area contributed by atoms with E-state index in [0.717, 1.165) is 41.4 Å². The minimum absolute atomic E-state index is 0.290. The highest BCUT2D eigenvalue weighted by atomic mass is 16.7. The van der Waals surface area contributed by atoms with Crippen molar-refractivity contribution in [2.75, 3.05) is 13.3 Å². The number of pyridine rings is 1. The maximum Gasteiger partial charge on any atom is 0.231 e. The van der Waals surface area contributed by atoms with E-state index in [4.69, 9.17) is 14.5 Å². The van der Waals surface area contributed by atoms with Crippen molar-refractivity contribution in [3.8, 4) is 22.8 Å². The van der Waals surface area contributed by atoms with Crippen LogP contribution in [0.5, 0.6) is 11.5 Å². The summed E-state index contributed by atoms with van der Waals surface area (Å²) in [6.45, 7) is 1.25. The summed E-state index contributed by atoms with van der Waals surface area (Å²) in [5.74, 6) is 2.25. The van der Waals surface area contributed by atoms with Gasteiger partial charge in [-0.1, -0.05) is 55.7 Å². The summed E-state index contributed by atoms with van der Waals surface area (Å²) in [7, 11) is 0. The Hall–Kier alpha value is -2.85. The molecule has 1 N–H and O–H groups in total. The van der Waals surface area contributed by atoms with E-state index in [1.807, 2.05) is 12.1 Å². The lowest BCUT2D eigenvalue weighted by atomic mass is 9.82. The second kappa shape index (κ2) is 9.52. The molecule has 1 fully saturated rings. The molecule has 1 aromatic heterocycles. The van der Waals surface area contributed by atoms with Crippen molar-refractivity contribution in [2.45, 2.75) is 44.6 Å². The molecule has 4 heteroatoms. The van der Waals surface area contributed by atoms with Crippen molar-refractivity contribution >= 4 is 0 Å². The molecular weight excluding hydrogens is 384 g/mol. The van der Waals surface area contributed by atoms with Crippen LogP contribution in [0.1, 0.15) is 49.4 Å². The van der Waals surface area contributed by atoms with E-state index in [2.05, 4.69) is 59.9 Å². The van der Waals surface area contributed by atoms with E-state index in [1.165, 1.54) is 37.7 Å². The molecule has 5 rings (SSSR count). The number of ether oxygens (including phenoxy) is 2. The summed E-state index contributed by atoms with van der Waals surface area (Å²) in [6, 6.07) is 23.5. The second-order valence-corrected chi connectivity index (χ2v) is 8.58. The SMILES string of the molecule is c1ccc(CCNC(c2cccc(-c3ccc4c(c3)OCO4)n2)C2CCCCC2)cc1. The van der Waals surface area contributed by atoms with Gasteiger partial charge >= 0.3 is 0 Å². The minimum Gasteiger partial charge on any atom is -0.454 e. The molecule has 1 aliphatic carbocycles. The van der Waals surface area contributed by atoms with Gasteiger partial charge in [0, 0.05) is 5.56 Å². The van der Waals surface area contributed by atoms with Crippen molar-refractivity contribution in [3.63, 3.8) is 0 Å². The fourth-order valence-corrected chi connectivity index (χ4v) is 4.84. The molecule has 0 spiro atoms. The lowest BCUT2D eigenvalue weighted by Crippen LogP contribution is -2.32. The molecule has 2 aliphatic rings. The number of benzene rings is 2. The van der Waals surface area contributed by atoms with E-state index in [9.17, 15) is 0 Å². The normalized spacial score (nSPS) is 16.9. The summed E-state index contributed by atoms with van der Waals surface area (Å²) in [5.41, 5.74) is 4.58. The molecule has 2 aromatic carbocycles. The number of rotatable bonds is 7. The summed E-state index contributed by atoms with van der Waals surface area (Å²) in [5, 5.41) is 3.87. The lowest BCUT2D eigenvalue weighted by molar-refractivity contribution is 0.174. The fourth-order valence-electron chi connectivity index (χ4n) is 4.84. The van der Waals surface area contributed by atoms with Gasteiger partial charge in [0.15, 0.2) is 11.5 Å². The number of nitrogens with one attached hydrogen (secondary N) is 1. The molecule has 0 saturated heterocycles. The Kier molecular flexibility index (Phi) is 6.17. The molecule has 1 saturated carbocycles. The topological polar surface area (TPSA) is 43.4 Å². The third-order valence-corrected chi connectivity index (χ3v) is 6.50.